The second-order valence-electron chi connectivity index (χ2n) is 12.5. The molecule has 0 aliphatic heterocycles. The van der Waals surface area contributed by atoms with Crippen LogP contribution in [0.5, 0.6) is 0 Å². The van der Waals surface area contributed by atoms with Gasteiger partial charge in [0, 0.05) is 113 Å². The molecule has 0 fully saturated rings. The van der Waals surface area contributed by atoms with Gasteiger partial charge >= 0.3 is 0 Å². The molecule has 53 heavy (non-hydrogen) atoms. The van der Waals surface area contributed by atoms with Crippen LogP contribution in [-0.4, -0.2) is 98.2 Å². The zero-order valence-electron chi connectivity index (χ0n) is 29.2. The lowest BCUT2D eigenvalue weighted by atomic mass is 8.68. The van der Waals surface area contributed by atoms with Crippen molar-refractivity contribution in [3.63, 3.8) is 0 Å². The summed E-state index contributed by atoms with van der Waals surface area (Å²) < 4.78 is 1.83. The van der Waals surface area contributed by atoms with E-state index in [0.717, 1.165) is 54.9 Å². The normalized spacial score (nSPS) is 11.5. The first-order chi connectivity index (χ1) is 24.9. The third kappa shape index (κ3) is 9.87. The number of nitrogens with zero attached hydrogens (tertiary/aromatic N) is 6. The van der Waals surface area contributed by atoms with Crippen molar-refractivity contribution in [2.45, 2.75) is 26.9 Å². The number of aliphatic hydroxyl groups is 1. The van der Waals surface area contributed by atoms with E-state index in [2.05, 4.69) is 37.1 Å². The Labute approximate surface area is 319 Å². The summed E-state index contributed by atoms with van der Waals surface area (Å²) in [6, 6.07) is 23.9. The van der Waals surface area contributed by atoms with E-state index in [9.17, 15) is 9.90 Å². The monoisotopic (exact) mass is 682 g/mol. The molecule has 3 aromatic heterocycles. The highest BCUT2D eigenvalue weighted by Gasteiger charge is 2.30. The Kier molecular flexibility index (Phi) is 13.9. The van der Waals surface area contributed by atoms with Crippen LogP contribution in [0.1, 0.15) is 42.9 Å². The molecule has 0 saturated heterocycles. The summed E-state index contributed by atoms with van der Waals surface area (Å²) in [6.07, 6.45) is 11.9. The van der Waals surface area contributed by atoms with Crippen molar-refractivity contribution in [1.82, 2.24) is 29.5 Å². The van der Waals surface area contributed by atoms with Gasteiger partial charge in [0.05, 0.1) is 12.0 Å². The first-order valence-electron chi connectivity index (χ1n) is 16.4. The summed E-state index contributed by atoms with van der Waals surface area (Å²) >= 11 is 0. The standard InChI is InChI=1S/C20H18N4O.C16H12N2O.CH4.B8/c1-20(25,19-11-24(2)13-23-19)18-5-3-4-14-6-7-15(8-17(14)18)16-9-21-12-22-10-16;1-11(19)15-4-2-3-12-5-6-13(7-16(12)15)14-8-17-10-18-9-14;;1-6(2)8(5)7(3)4/h3-13,25H,1-2H3;2-10H,1H3;1H4;. The highest BCUT2D eigenvalue weighted by Crippen LogP contribution is 2.35. The largest absolute Gasteiger partial charge is 0.379 e. The third-order valence-electron chi connectivity index (χ3n) is 8.55. The number of hydrogen-bond donors (Lipinski definition) is 1. The Morgan fingerprint density at radius 2 is 1.21 bits per heavy atom. The van der Waals surface area contributed by atoms with Crippen molar-refractivity contribution < 1.29 is 9.90 Å². The van der Waals surface area contributed by atoms with Gasteiger partial charge < -0.3 is 9.67 Å². The van der Waals surface area contributed by atoms with Gasteiger partial charge in [-0.15, -0.1) is 0 Å². The summed E-state index contributed by atoms with van der Waals surface area (Å²) in [4.78, 5) is 32.2. The lowest BCUT2D eigenvalue weighted by Crippen LogP contribution is -2.52. The predicted octanol–water partition coefficient (Wildman–Crippen LogP) is 4.38. The molecule has 7 aromatic rings. The molecule has 4 aromatic carbocycles. The van der Waals surface area contributed by atoms with Crippen molar-refractivity contribution in [3.8, 4) is 22.3 Å². The van der Waals surface area contributed by atoms with E-state index in [1.807, 2.05) is 78.5 Å². The highest BCUT2D eigenvalue weighted by atomic mass is 16.3. The van der Waals surface area contributed by atoms with Crippen molar-refractivity contribution in [1.29, 1.82) is 0 Å². The molecule has 7 rings (SSSR count). The number of aromatic nitrogens is 6. The number of carbonyl (C=O) groups excluding carboxylic acids is 1. The quantitative estimate of drug-likeness (QED) is 0.197. The maximum absolute atomic E-state index is 11.7. The summed E-state index contributed by atoms with van der Waals surface area (Å²) in [7, 11) is 27.7. The Morgan fingerprint density at radius 3 is 1.66 bits per heavy atom. The molecule has 0 aliphatic rings. The molecule has 0 bridgehead atoms. The van der Waals surface area contributed by atoms with Gasteiger partial charge in [-0.2, -0.15) is 0 Å². The molecule has 8 nitrogen and oxygen atoms in total. The zero-order chi connectivity index (χ0) is 37.4. The van der Waals surface area contributed by atoms with E-state index in [4.69, 9.17) is 38.7 Å². The smallest absolute Gasteiger partial charge is 0.160 e. The molecular weight excluding hydrogens is 647 g/mol. The van der Waals surface area contributed by atoms with Crippen LogP contribution < -0.4 is 0 Å². The van der Waals surface area contributed by atoms with Crippen LogP contribution in [0, 0.1) is 0 Å². The number of aryl methyl sites for hydroxylation is 1. The van der Waals surface area contributed by atoms with Crippen LogP contribution in [0.4, 0.5) is 0 Å². The minimum absolute atomic E-state index is 0. The first kappa shape index (κ1) is 40.7. The SMILES string of the molecule is C.CC(=O)c1cccc2ccc(-c3cncnc3)cc12.Cn1cnc(C(C)(O)c2cccc3ccc(-c4cncnc4)cc23)c1.[B]B([B])B([B])B([B])[B]. The zero-order valence-corrected chi connectivity index (χ0v) is 29.2. The average molecular weight is 681 g/mol. The molecule has 248 valence electrons. The van der Waals surface area contributed by atoms with Crippen LogP contribution >= 0.6 is 0 Å². The van der Waals surface area contributed by atoms with E-state index in [1.54, 1.807) is 45.0 Å². The topological polar surface area (TPSA) is 107 Å². The van der Waals surface area contributed by atoms with Crippen LogP contribution in [-0.2, 0) is 12.6 Å². The predicted molar refractivity (Wildman–Crippen MR) is 225 cm³/mol. The third-order valence-corrected chi connectivity index (χ3v) is 8.55. The Morgan fingerprint density at radius 1 is 0.717 bits per heavy atom. The molecule has 0 amide bonds. The average Bonchev–Trinajstić information content (AvgIpc) is 3.61. The van der Waals surface area contributed by atoms with Crippen molar-refractivity contribution in [2.75, 3.05) is 0 Å². The fourth-order valence-corrected chi connectivity index (χ4v) is 5.59. The molecule has 3 heterocycles. The number of carbonyl (C=O) groups is 1. The summed E-state index contributed by atoms with van der Waals surface area (Å²) in [6.45, 7) is 3.37. The second-order valence-corrected chi connectivity index (χ2v) is 12.5. The highest BCUT2D eigenvalue weighted by molar-refractivity contribution is 7.89. The summed E-state index contributed by atoms with van der Waals surface area (Å²) in [5.41, 5.74) is 4.92. The van der Waals surface area contributed by atoms with Crippen molar-refractivity contribution >= 4 is 85.2 Å². The fourth-order valence-electron chi connectivity index (χ4n) is 5.59. The Hall–Kier alpha value is -5.08. The Bertz CT molecular complexity index is 2270. The molecule has 1 N–H and O–H groups in total. The minimum Gasteiger partial charge on any atom is -0.379 e. The maximum Gasteiger partial charge on any atom is 0.160 e. The molecule has 1 unspecified atom stereocenters. The van der Waals surface area contributed by atoms with Gasteiger partial charge in [-0.1, -0.05) is 68.1 Å². The summed E-state index contributed by atoms with van der Waals surface area (Å²) in [5, 5.41) is 15.3. The van der Waals surface area contributed by atoms with Gasteiger partial charge in [0.15, 0.2) is 5.78 Å². The number of Topliss-reactive ketones (excluding diaryl/α,β-unsaturated/α-hetero) is 1. The van der Waals surface area contributed by atoms with Crippen LogP contribution in [0.2, 0.25) is 0 Å². The Balaban J connectivity index is 0.000000199. The number of benzene rings is 4. The lowest BCUT2D eigenvalue weighted by molar-refractivity contribution is 0.0992. The van der Waals surface area contributed by atoms with Gasteiger partial charge in [0.1, 0.15) is 18.3 Å². The van der Waals surface area contributed by atoms with E-state index in [1.165, 1.54) is 12.7 Å². The molecular formula is C37H34B8N6O2. The van der Waals surface area contributed by atoms with E-state index < -0.39 is 24.8 Å². The lowest BCUT2D eigenvalue weighted by Gasteiger charge is -2.24. The van der Waals surface area contributed by atoms with Crippen molar-refractivity contribution in [3.05, 3.63) is 140 Å². The first-order valence-corrected chi connectivity index (χ1v) is 16.4. The molecule has 10 radical (unpaired) electrons. The minimum atomic E-state index is -1.19. The number of rotatable bonds is 7. The van der Waals surface area contributed by atoms with Gasteiger partial charge in [0.25, 0.3) is 0 Å². The van der Waals surface area contributed by atoms with Gasteiger partial charge in [0.2, 0.25) is 0 Å². The van der Waals surface area contributed by atoms with E-state index >= 15 is 0 Å². The second kappa shape index (κ2) is 18.1. The van der Waals surface area contributed by atoms with E-state index in [-0.39, 0.29) is 13.2 Å². The summed E-state index contributed by atoms with van der Waals surface area (Å²) in [5.74, 6) is 0.0760. The van der Waals surface area contributed by atoms with E-state index in [0.29, 0.717) is 5.69 Å². The molecule has 0 spiro atoms. The van der Waals surface area contributed by atoms with Gasteiger partial charge in [-0.25, -0.2) is 24.9 Å². The number of fused-ring (bicyclic) bond motifs is 2. The molecule has 16 heteroatoms. The number of hydrogen-bond acceptors (Lipinski definition) is 7. The van der Waals surface area contributed by atoms with Crippen molar-refractivity contribution in [2.24, 2.45) is 7.05 Å². The van der Waals surface area contributed by atoms with Crippen LogP contribution in [0.15, 0.2) is 123 Å². The molecule has 0 saturated carbocycles. The molecule has 0 aliphatic carbocycles. The maximum atomic E-state index is 11.7. The number of imidazole rings is 1. The number of ketones is 1. The fraction of sp³-hybridized carbons (Fsp3) is 0.135. The van der Waals surface area contributed by atoms with Gasteiger partial charge in [-0.05, 0) is 64.2 Å². The van der Waals surface area contributed by atoms with Gasteiger partial charge in [-0.3, -0.25) is 4.79 Å². The molecule has 1 atom stereocenters. The van der Waals surface area contributed by atoms with Crippen LogP contribution in [0.3, 0.4) is 0 Å². The van der Waals surface area contributed by atoms with Crippen LogP contribution in [0.25, 0.3) is 43.8 Å².